The van der Waals surface area contributed by atoms with Crippen molar-refractivity contribution in [1.82, 2.24) is 4.31 Å². The van der Waals surface area contributed by atoms with Crippen LogP contribution in [0.2, 0.25) is 10.0 Å². The Morgan fingerprint density at radius 3 is 2.80 bits per heavy atom. The maximum Gasteiger partial charge on any atom is 0.245 e. The number of ether oxygens (including phenoxy) is 1. The van der Waals surface area contributed by atoms with E-state index in [1.54, 1.807) is 6.92 Å². The minimum absolute atomic E-state index is 0.00778. The van der Waals surface area contributed by atoms with Gasteiger partial charge in [0.2, 0.25) is 10.0 Å². The maximum absolute atomic E-state index is 12.7. The van der Waals surface area contributed by atoms with Gasteiger partial charge in [0, 0.05) is 12.6 Å². The van der Waals surface area contributed by atoms with Gasteiger partial charge in [-0.2, -0.15) is 4.31 Å². The molecule has 0 aromatic heterocycles. The van der Waals surface area contributed by atoms with E-state index < -0.39 is 16.1 Å². The molecule has 1 aliphatic rings. The molecule has 1 aromatic rings. The average molecular weight is 340 g/mol. The highest BCUT2D eigenvalue weighted by molar-refractivity contribution is 7.89. The lowest BCUT2D eigenvalue weighted by Gasteiger charge is -2.36. The molecule has 0 spiro atoms. The second kappa shape index (κ2) is 6.17. The van der Waals surface area contributed by atoms with Crippen molar-refractivity contribution in [1.29, 1.82) is 0 Å². The molecule has 112 valence electrons. The summed E-state index contributed by atoms with van der Waals surface area (Å²) in [5.74, 6) is 0. The molecule has 2 atom stereocenters. The molecule has 1 aliphatic heterocycles. The second-order valence-electron chi connectivity index (χ2n) is 4.61. The number of halogens is 2. The van der Waals surface area contributed by atoms with Gasteiger partial charge < -0.3 is 9.84 Å². The molecule has 2 rings (SSSR count). The summed E-state index contributed by atoms with van der Waals surface area (Å²) < 4.78 is 32.0. The Balaban J connectivity index is 2.40. The lowest BCUT2D eigenvalue weighted by Crippen LogP contribution is -2.51. The van der Waals surface area contributed by atoms with Gasteiger partial charge in [-0.3, -0.25) is 0 Å². The van der Waals surface area contributed by atoms with Crippen LogP contribution in [0.3, 0.4) is 0 Å². The molecule has 0 amide bonds. The topological polar surface area (TPSA) is 66.8 Å². The van der Waals surface area contributed by atoms with E-state index in [0.29, 0.717) is 0 Å². The number of morpholine rings is 1. The van der Waals surface area contributed by atoms with Crippen molar-refractivity contribution in [2.75, 3.05) is 19.8 Å². The Kier molecular flexibility index (Phi) is 4.94. The summed E-state index contributed by atoms with van der Waals surface area (Å²) in [6.07, 6.45) is -0.529. The maximum atomic E-state index is 12.7. The molecule has 8 heteroatoms. The Hall–Kier alpha value is -0.370. The van der Waals surface area contributed by atoms with E-state index >= 15 is 0 Å². The van der Waals surface area contributed by atoms with Gasteiger partial charge in [-0.05, 0) is 19.1 Å². The van der Waals surface area contributed by atoms with Crippen LogP contribution in [-0.4, -0.2) is 49.7 Å². The highest BCUT2D eigenvalue weighted by Gasteiger charge is 2.36. The highest BCUT2D eigenvalue weighted by Crippen LogP contribution is 2.32. The Bertz CT molecular complexity index is 593. The molecule has 2 unspecified atom stereocenters. The van der Waals surface area contributed by atoms with Crippen molar-refractivity contribution in [3.8, 4) is 0 Å². The van der Waals surface area contributed by atoms with Gasteiger partial charge in [0.1, 0.15) is 4.90 Å². The van der Waals surface area contributed by atoms with E-state index in [-0.39, 0.29) is 40.7 Å². The fourth-order valence-electron chi connectivity index (χ4n) is 2.05. The predicted octanol–water partition coefficient (Wildman–Crippen LogP) is 1.76. The first-order valence-electron chi connectivity index (χ1n) is 6.06. The minimum Gasteiger partial charge on any atom is -0.394 e. The third-order valence-electron chi connectivity index (χ3n) is 3.15. The molecule has 20 heavy (non-hydrogen) atoms. The first kappa shape index (κ1) is 16.0. The summed E-state index contributed by atoms with van der Waals surface area (Å²) in [5, 5.41) is 9.33. The zero-order chi connectivity index (χ0) is 14.9. The lowest BCUT2D eigenvalue weighted by atomic mass is 10.2. The SMILES string of the molecule is CC1COC(CO)CN1S(=O)(=O)c1cccc(Cl)c1Cl. The summed E-state index contributed by atoms with van der Waals surface area (Å²) in [7, 11) is -3.78. The molecule has 1 saturated heterocycles. The predicted molar refractivity (Wildman–Crippen MR) is 76.6 cm³/mol. The minimum atomic E-state index is -3.78. The number of hydrogen-bond acceptors (Lipinski definition) is 4. The van der Waals surface area contributed by atoms with E-state index in [2.05, 4.69) is 0 Å². The molecular weight excluding hydrogens is 325 g/mol. The van der Waals surface area contributed by atoms with Crippen LogP contribution in [0.4, 0.5) is 0 Å². The summed E-state index contributed by atoms with van der Waals surface area (Å²) in [4.78, 5) is -0.0305. The first-order valence-corrected chi connectivity index (χ1v) is 8.26. The number of aliphatic hydroxyl groups excluding tert-OH is 1. The van der Waals surface area contributed by atoms with Gasteiger partial charge in [0.15, 0.2) is 0 Å². The van der Waals surface area contributed by atoms with Crippen LogP contribution in [0.1, 0.15) is 6.92 Å². The zero-order valence-corrected chi connectivity index (χ0v) is 13.1. The Labute approximate surface area is 128 Å². The molecule has 1 aromatic carbocycles. The molecule has 0 bridgehead atoms. The van der Waals surface area contributed by atoms with Gasteiger partial charge in [-0.1, -0.05) is 29.3 Å². The smallest absolute Gasteiger partial charge is 0.245 e. The fraction of sp³-hybridized carbons (Fsp3) is 0.500. The van der Waals surface area contributed by atoms with Crippen molar-refractivity contribution in [2.45, 2.75) is 24.0 Å². The third-order valence-corrected chi connectivity index (χ3v) is 6.11. The van der Waals surface area contributed by atoms with E-state index in [1.165, 1.54) is 22.5 Å². The van der Waals surface area contributed by atoms with Crippen LogP contribution in [-0.2, 0) is 14.8 Å². The van der Waals surface area contributed by atoms with Crippen LogP contribution >= 0.6 is 23.2 Å². The first-order chi connectivity index (χ1) is 9.37. The Morgan fingerprint density at radius 2 is 2.15 bits per heavy atom. The van der Waals surface area contributed by atoms with Gasteiger partial charge in [0.25, 0.3) is 0 Å². The summed E-state index contributed by atoms with van der Waals surface area (Å²) in [5.41, 5.74) is 0. The van der Waals surface area contributed by atoms with E-state index in [4.69, 9.17) is 33.0 Å². The Morgan fingerprint density at radius 1 is 1.45 bits per heavy atom. The number of rotatable bonds is 3. The molecule has 0 aliphatic carbocycles. The van der Waals surface area contributed by atoms with Crippen molar-refractivity contribution >= 4 is 33.2 Å². The van der Waals surface area contributed by atoms with Gasteiger partial charge in [0.05, 0.1) is 29.4 Å². The van der Waals surface area contributed by atoms with Crippen LogP contribution < -0.4 is 0 Å². The lowest BCUT2D eigenvalue weighted by molar-refractivity contribution is -0.0516. The van der Waals surface area contributed by atoms with E-state index in [0.717, 1.165) is 0 Å². The quantitative estimate of drug-likeness (QED) is 0.911. The number of sulfonamides is 1. The molecule has 0 radical (unpaired) electrons. The van der Waals surface area contributed by atoms with Crippen molar-refractivity contribution in [3.05, 3.63) is 28.2 Å². The molecule has 1 N–H and O–H groups in total. The van der Waals surface area contributed by atoms with Gasteiger partial charge in [-0.25, -0.2) is 8.42 Å². The van der Waals surface area contributed by atoms with Crippen molar-refractivity contribution in [3.63, 3.8) is 0 Å². The van der Waals surface area contributed by atoms with Crippen LogP contribution in [0.15, 0.2) is 23.1 Å². The zero-order valence-electron chi connectivity index (χ0n) is 10.8. The number of benzene rings is 1. The normalized spacial score (nSPS) is 24.8. The molecule has 1 fully saturated rings. The van der Waals surface area contributed by atoms with Crippen molar-refractivity contribution in [2.24, 2.45) is 0 Å². The highest BCUT2D eigenvalue weighted by atomic mass is 35.5. The third kappa shape index (κ3) is 2.95. The second-order valence-corrected chi connectivity index (χ2v) is 7.26. The molecular formula is C12H15Cl2NO4S. The van der Waals surface area contributed by atoms with Crippen LogP contribution in [0, 0.1) is 0 Å². The standard InChI is InChI=1S/C12H15Cl2NO4S/c1-8-7-19-9(6-16)5-15(8)20(17,18)11-4-2-3-10(13)12(11)14/h2-4,8-9,16H,5-7H2,1H3. The summed E-state index contributed by atoms with van der Waals surface area (Å²) in [6, 6.07) is 4.15. The van der Waals surface area contributed by atoms with E-state index in [9.17, 15) is 8.42 Å². The average Bonchev–Trinajstić information content (AvgIpc) is 2.42. The van der Waals surface area contributed by atoms with E-state index in [1.807, 2.05) is 0 Å². The van der Waals surface area contributed by atoms with Gasteiger partial charge in [-0.15, -0.1) is 0 Å². The number of nitrogens with zero attached hydrogens (tertiary/aromatic N) is 1. The summed E-state index contributed by atoms with van der Waals surface area (Å²) >= 11 is 11.9. The van der Waals surface area contributed by atoms with Gasteiger partial charge >= 0.3 is 0 Å². The number of hydrogen-bond donors (Lipinski definition) is 1. The van der Waals surface area contributed by atoms with Crippen LogP contribution in [0.25, 0.3) is 0 Å². The summed E-state index contributed by atoms with van der Waals surface area (Å²) in [6.45, 7) is 1.82. The molecule has 5 nitrogen and oxygen atoms in total. The molecule has 0 saturated carbocycles. The fourth-order valence-corrected chi connectivity index (χ4v) is 4.43. The largest absolute Gasteiger partial charge is 0.394 e. The van der Waals surface area contributed by atoms with Crippen molar-refractivity contribution < 1.29 is 18.3 Å². The number of aliphatic hydroxyl groups is 1. The monoisotopic (exact) mass is 339 g/mol. The van der Waals surface area contributed by atoms with Crippen LogP contribution in [0.5, 0.6) is 0 Å². The molecule has 1 heterocycles.